The van der Waals surface area contributed by atoms with Gasteiger partial charge in [-0.1, -0.05) is 30.0 Å². The van der Waals surface area contributed by atoms with Crippen LogP contribution in [0, 0.1) is 17.8 Å². The Morgan fingerprint density at radius 3 is 2.85 bits per heavy atom. The van der Waals surface area contributed by atoms with Crippen molar-refractivity contribution in [2.24, 2.45) is 5.92 Å². The molecule has 5 rings (SSSR count). The lowest BCUT2D eigenvalue weighted by atomic mass is 10.0. The van der Waals surface area contributed by atoms with Gasteiger partial charge in [-0.15, -0.1) is 11.3 Å². The first-order valence-corrected chi connectivity index (χ1v) is 10.2. The monoisotopic (exact) mass is 375 g/mol. The number of urea groups is 1. The maximum Gasteiger partial charge on any atom is 0.321 e. The summed E-state index contributed by atoms with van der Waals surface area (Å²) in [4.78, 5) is 17.9. The standard InChI is InChI=1S/C22H21N3OS/c26-22(23-20-15-24-10-8-17(20)13-24)25-11-9-21-18(14-25)12-19(27-21)7-6-16-4-2-1-3-5-16/h1-5,9,12,14,17,20H,8,10-11,13,15H2,(H,23,26)/t17-,20?/m0/s1. The average molecular weight is 375 g/mol. The third kappa shape index (κ3) is 3.39. The molecule has 0 saturated carbocycles. The highest BCUT2D eigenvalue weighted by Crippen LogP contribution is 2.27. The molecule has 0 spiro atoms. The van der Waals surface area contributed by atoms with E-state index < -0.39 is 0 Å². The number of fused-ring (bicyclic) bond motifs is 3. The number of piperidine rings is 1. The van der Waals surface area contributed by atoms with Crippen LogP contribution in [0.3, 0.4) is 0 Å². The van der Waals surface area contributed by atoms with E-state index in [4.69, 9.17) is 0 Å². The van der Waals surface area contributed by atoms with Gasteiger partial charge in [0.25, 0.3) is 0 Å². The third-order valence-corrected chi connectivity index (χ3v) is 6.63. The molecule has 1 aromatic carbocycles. The van der Waals surface area contributed by atoms with Gasteiger partial charge in [-0.05, 0) is 43.2 Å². The fourth-order valence-corrected chi connectivity index (χ4v) is 5.04. The van der Waals surface area contributed by atoms with Crippen LogP contribution in [0.25, 0.3) is 12.3 Å². The summed E-state index contributed by atoms with van der Waals surface area (Å²) in [6.45, 7) is 3.94. The molecule has 2 aromatic rings. The van der Waals surface area contributed by atoms with Crippen molar-refractivity contribution in [2.45, 2.75) is 12.5 Å². The minimum absolute atomic E-state index is 0.0127. The van der Waals surface area contributed by atoms with E-state index in [0.717, 1.165) is 28.7 Å². The lowest BCUT2D eigenvalue weighted by Crippen LogP contribution is -2.49. The molecule has 1 aromatic heterocycles. The summed E-state index contributed by atoms with van der Waals surface area (Å²) in [5.41, 5.74) is 1.01. The summed E-state index contributed by atoms with van der Waals surface area (Å²) in [5, 5.41) is 4.31. The average Bonchev–Trinajstić information content (AvgIpc) is 3.41. The van der Waals surface area contributed by atoms with E-state index in [9.17, 15) is 4.79 Å². The number of nitrogens with one attached hydrogen (secondary N) is 1. The normalized spacial score (nSPS) is 25.0. The zero-order chi connectivity index (χ0) is 18.2. The maximum absolute atomic E-state index is 12.7. The molecule has 3 aliphatic heterocycles. The molecule has 2 amide bonds. The lowest BCUT2D eigenvalue weighted by molar-refractivity contribution is 0.212. The molecule has 27 heavy (non-hydrogen) atoms. The Hall–Kier alpha value is -2.55. The molecule has 3 atom stereocenters. The van der Waals surface area contributed by atoms with Crippen LogP contribution in [0.5, 0.6) is 0 Å². The van der Waals surface area contributed by atoms with Gasteiger partial charge in [0, 0.05) is 47.2 Å². The van der Waals surface area contributed by atoms with E-state index in [1.807, 2.05) is 36.5 Å². The second-order valence-corrected chi connectivity index (χ2v) is 8.48. The molecule has 2 unspecified atom stereocenters. The number of benzene rings is 1. The molecular weight excluding hydrogens is 354 g/mol. The minimum Gasteiger partial charge on any atom is -0.333 e. The Bertz CT molecular complexity index is 1050. The Balaban J connectivity index is 1.31. The molecule has 3 aliphatic rings. The molecule has 0 radical (unpaired) electrons. The summed E-state index contributed by atoms with van der Waals surface area (Å²) in [6, 6.07) is 12.4. The van der Waals surface area contributed by atoms with Crippen molar-refractivity contribution in [3.63, 3.8) is 0 Å². The van der Waals surface area contributed by atoms with Crippen LogP contribution in [-0.2, 0) is 0 Å². The highest BCUT2D eigenvalue weighted by molar-refractivity contribution is 7.10. The number of rotatable bonds is 1. The van der Waals surface area contributed by atoms with E-state index in [1.54, 1.807) is 16.2 Å². The van der Waals surface area contributed by atoms with Gasteiger partial charge < -0.3 is 10.2 Å². The van der Waals surface area contributed by atoms with Gasteiger partial charge in [0.05, 0.1) is 4.88 Å². The summed E-state index contributed by atoms with van der Waals surface area (Å²) in [5.74, 6) is 7.07. The van der Waals surface area contributed by atoms with Gasteiger partial charge >= 0.3 is 6.03 Å². The van der Waals surface area contributed by atoms with Gasteiger partial charge in [0.2, 0.25) is 0 Å². The molecule has 2 fully saturated rings. The van der Waals surface area contributed by atoms with Crippen molar-refractivity contribution in [3.05, 3.63) is 56.6 Å². The number of hydrogen-bond donors (Lipinski definition) is 1. The Morgan fingerprint density at radius 1 is 1.19 bits per heavy atom. The summed E-state index contributed by atoms with van der Waals surface area (Å²) >= 11 is 1.69. The highest BCUT2D eigenvalue weighted by Gasteiger charge is 2.39. The van der Waals surface area contributed by atoms with E-state index >= 15 is 0 Å². The zero-order valence-electron chi connectivity index (χ0n) is 15.0. The van der Waals surface area contributed by atoms with Gasteiger partial charge in [0.15, 0.2) is 0 Å². The largest absolute Gasteiger partial charge is 0.333 e. The summed E-state index contributed by atoms with van der Waals surface area (Å²) < 4.78 is 1.20. The maximum atomic E-state index is 12.7. The molecule has 136 valence electrons. The van der Waals surface area contributed by atoms with Crippen LogP contribution in [0.15, 0.2) is 36.4 Å². The van der Waals surface area contributed by atoms with Gasteiger partial charge in [-0.25, -0.2) is 4.79 Å². The summed E-state index contributed by atoms with van der Waals surface area (Å²) in [7, 11) is 0. The second-order valence-electron chi connectivity index (χ2n) is 7.40. The number of carbonyl (C=O) groups is 1. The van der Waals surface area contributed by atoms with Crippen molar-refractivity contribution in [2.75, 3.05) is 26.2 Å². The van der Waals surface area contributed by atoms with Crippen LogP contribution in [-0.4, -0.2) is 48.1 Å². The fourth-order valence-electron chi connectivity index (χ4n) is 4.13. The molecule has 0 aliphatic carbocycles. The van der Waals surface area contributed by atoms with Crippen molar-refractivity contribution in [1.29, 1.82) is 0 Å². The number of amides is 2. The van der Waals surface area contributed by atoms with Crippen LogP contribution < -0.4 is 15.1 Å². The predicted octanol–water partition coefficient (Wildman–Crippen LogP) is 1.40. The van der Waals surface area contributed by atoms with Gasteiger partial charge in [0.1, 0.15) is 0 Å². The quantitative estimate of drug-likeness (QED) is 0.765. The van der Waals surface area contributed by atoms with Crippen molar-refractivity contribution >= 4 is 29.6 Å². The Kier molecular flexibility index (Phi) is 4.23. The fraction of sp³-hybridized carbons (Fsp3) is 0.318. The number of thiophene rings is 1. The van der Waals surface area contributed by atoms with E-state index in [-0.39, 0.29) is 6.03 Å². The molecule has 4 nitrogen and oxygen atoms in total. The molecule has 4 heterocycles. The second kappa shape index (κ2) is 6.88. The highest BCUT2D eigenvalue weighted by atomic mass is 32.1. The van der Waals surface area contributed by atoms with E-state index in [1.165, 1.54) is 17.5 Å². The number of nitrogens with zero attached hydrogens (tertiary/aromatic N) is 2. The van der Waals surface area contributed by atoms with Crippen molar-refractivity contribution in [1.82, 2.24) is 15.1 Å². The topological polar surface area (TPSA) is 35.6 Å². The van der Waals surface area contributed by atoms with Crippen LogP contribution in [0.2, 0.25) is 0 Å². The number of carbonyl (C=O) groups excluding carboxylic acids is 1. The van der Waals surface area contributed by atoms with Gasteiger partial charge in [-0.3, -0.25) is 4.90 Å². The molecular formula is C22H21N3OS. The molecule has 5 heteroatoms. The van der Waals surface area contributed by atoms with E-state index in [0.29, 0.717) is 18.5 Å². The molecule has 2 saturated heterocycles. The van der Waals surface area contributed by atoms with Gasteiger partial charge in [-0.2, -0.15) is 0 Å². The van der Waals surface area contributed by atoms with Crippen LogP contribution in [0.1, 0.15) is 16.9 Å². The molecule has 1 N–H and O–H groups in total. The first-order valence-electron chi connectivity index (χ1n) is 9.43. The van der Waals surface area contributed by atoms with Crippen LogP contribution >= 0.6 is 11.3 Å². The third-order valence-electron chi connectivity index (χ3n) is 5.57. The lowest BCUT2D eigenvalue weighted by Gasteiger charge is -2.26. The van der Waals surface area contributed by atoms with Crippen molar-refractivity contribution in [3.8, 4) is 11.8 Å². The number of hydrogen-bond acceptors (Lipinski definition) is 3. The van der Waals surface area contributed by atoms with Crippen LogP contribution in [0.4, 0.5) is 4.79 Å². The van der Waals surface area contributed by atoms with Crippen molar-refractivity contribution < 1.29 is 4.79 Å². The van der Waals surface area contributed by atoms with E-state index in [2.05, 4.69) is 34.2 Å². The minimum atomic E-state index is 0.0127. The zero-order valence-corrected chi connectivity index (χ0v) is 15.8. The first kappa shape index (κ1) is 16.6. The molecule has 2 bridgehead atoms. The Labute approximate surface area is 162 Å². The SMILES string of the molecule is O=C(NC1CN2CC[C@H]1C2)N1C=c2cc(C#Cc3ccccc3)sc2=CC1. The smallest absolute Gasteiger partial charge is 0.321 e. The first-order chi connectivity index (χ1) is 13.2. The Morgan fingerprint density at radius 2 is 2.07 bits per heavy atom. The predicted molar refractivity (Wildman–Crippen MR) is 108 cm³/mol. The summed E-state index contributed by atoms with van der Waals surface area (Å²) in [6.07, 6.45) is 5.29.